The van der Waals surface area contributed by atoms with Crippen LogP contribution in [0.5, 0.6) is 5.75 Å². The highest BCUT2D eigenvalue weighted by Crippen LogP contribution is 2.31. The van der Waals surface area contributed by atoms with Crippen molar-refractivity contribution in [2.75, 3.05) is 18.6 Å². The summed E-state index contributed by atoms with van der Waals surface area (Å²) < 4.78 is 10.6. The van der Waals surface area contributed by atoms with Crippen LogP contribution in [0.25, 0.3) is 0 Å². The van der Waals surface area contributed by atoms with E-state index in [4.69, 9.17) is 9.26 Å². The molecule has 7 nitrogen and oxygen atoms in total. The molecular formula is C18H21N3O4. The Labute approximate surface area is 145 Å². The van der Waals surface area contributed by atoms with Gasteiger partial charge in [-0.15, -0.1) is 0 Å². The molecule has 2 aromatic rings. The van der Waals surface area contributed by atoms with Crippen LogP contribution >= 0.6 is 0 Å². The molecule has 1 aromatic carbocycles. The van der Waals surface area contributed by atoms with E-state index in [1.54, 1.807) is 25.2 Å². The standard InChI is InChI=1S/C18H21N3O4/c1-11(2)6-13-8-14(25-20-13)9-19-18(23)12-4-5-16-15(7-12)21(3)17(22)10-24-16/h4-5,7-8,11H,6,9-10H2,1-3H3,(H,19,23). The first-order chi connectivity index (χ1) is 11.9. The van der Waals surface area contributed by atoms with Crippen LogP contribution in [0.2, 0.25) is 0 Å². The Morgan fingerprint density at radius 2 is 2.16 bits per heavy atom. The van der Waals surface area contributed by atoms with Crippen molar-refractivity contribution in [1.82, 2.24) is 10.5 Å². The average Bonchev–Trinajstić information content (AvgIpc) is 3.02. The fourth-order valence-electron chi connectivity index (χ4n) is 2.64. The lowest BCUT2D eigenvalue weighted by molar-refractivity contribution is -0.120. The number of fused-ring (bicyclic) bond motifs is 1. The molecule has 1 aromatic heterocycles. The smallest absolute Gasteiger partial charge is 0.264 e. The molecule has 25 heavy (non-hydrogen) atoms. The lowest BCUT2D eigenvalue weighted by atomic mass is 10.1. The molecule has 0 aliphatic carbocycles. The Kier molecular flexibility index (Phi) is 4.74. The van der Waals surface area contributed by atoms with Crippen LogP contribution in [0, 0.1) is 5.92 Å². The van der Waals surface area contributed by atoms with Crippen LogP contribution in [0.4, 0.5) is 5.69 Å². The zero-order chi connectivity index (χ0) is 18.0. The Hall–Kier alpha value is -2.83. The molecular weight excluding hydrogens is 322 g/mol. The summed E-state index contributed by atoms with van der Waals surface area (Å²) in [5, 5.41) is 6.79. The molecule has 1 aliphatic heterocycles. The summed E-state index contributed by atoms with van der Waals surface area (Å²) in [5.41, 5.74) is 1.92. The average molecular weight is 343 g/mol. The van der Waals surface area contributed by atoms with Crippen molar-refractivity contribution in [3.8, 4) is 5.75 Å². The molecule has 7 heteroatoms. The number of nitrogens with one attached hydrogen (secondary N) is 1. The lowest BCUT2D eigenvalue weighted by Gasteiger charge is -2.26. The number of ether oxygens (including phenoxy) is 1. The number of nitrogens with zero attached hydrogens (tertiary/aromatic N) is 2. The molecule has 0 bridgehead atoms. The molecule has 1 aliphatic rings. The number of benzene rings is 1. The molecule has 0 unspecified atom stereocenters. The maximum atomic E-state index is 12.4. The normalized spacial score (nSPS) is 13.6. The molecule has 2 amide bonds. The van der Waals surface area contributed by atoms with Crippen LogP contribution in [0.1, 0.15) is 35.7 Å². The molecule has 0 spiro atoms. The van der Waals surface area contributed by atoms with E-state index in [1.165, 1.54) is 4.90 Å². The first kappa shape index (κ1) is 17.0. The third kappa shape index (κ3) is 3.81. The summed E-state index contributed by atoms with van der Waals surface area (Å²) in [4.78, 5) is 25.6. The highest BCUT2D eigenvalue weighted by molar-refractivity contribution is 6.00. The number of carbonyl (C=O) groups excluding carboxylic acids is 2. The number of likely N-dealkylation sites (N-methyl/N-ethyl adjacent to an activating group) is 1. The van der Waals surface area contributed by atoms with E-state index >= 15 is 0 Å². The predicted molar refractivity (Wildman–Crippen MR) is 91.6 cm³/mol. The zero-order valence-corrected chi connectivity index (χ0v) is 14.5. The summed E-state index contributed by atoms with van der Waals surface area (Å²) in [6.07, 6.45) is 0.836. The summed E-state index contributed by atoms with van der Waals surface area (Å²) in [6.45, 7) is 4.49. The van der Waals surface area contributed by atoms with Gasteiger partial charge in [-0.25, -0.2) is 0 Å². The minimum absolute atomic E-state index is 0.0131. The number of rotatable bonds is 5. The monoisotopic (exact) mass is 343 g/mol. The van der Waals surface area contributed by atoms with Gasteiger partial charge in [0.05, 0.1) is 17.9 Å². The second-order valence-electron chi connectivity index (χ2n) is 6.49. The lowest BCUT2D eigenvalue weighted by Crippen LogP contribution is -2.35. The number of hydrogen-bond acceptors (Lipinski definition) is 5. The van der Waals surface area contributed by atoms with Gasteiger partial charge in [0.15, 0.2) is 12.4 Å². The van der Waals surface area contributed by atoms with Gasteiger partial charge in [-0.05, 0) is 30.5 Å². The van der Waals surface area contributed by atoms with Crippen molar-refractivity contribution in [3.63, 3.8) is 0 Å². The molecule has 1 N–H and O–H groups in total. The first-order valence-corrected chi connectivity index (χ1v) is 8.20. The Morgan fingerprint density at radius 1 is 1.36 bits per heavy atom. The van der Waals surface area contributed by atoms with Gasteiger partial charge in [-0.2, -0.15) is 0 Å². The summed E-state index contributed by atoms with van der Waals surface area (Å²) in [6, 6.07) is 6.87. The Morgan fingerprint density at radius 3 is 2.92 bits per heavy atom. The van der Waals surface area contributed by atoms with E-state index in [-0.39, 0.29) is 25.0 Å². The Bertz CT molecular complexity index is 797. The van der Waals surface area contributed by atoms with Gasteiger partial charge in [-0.3, -0.25) is 9.59 Å². The first-order valence-electron chi connectivity index (χ1n) is 8.20. The van der Waals surface area contributed by atoms with Crippen molar-refractivity contribution in [2.45, 2.75) is 26.8 Å². The second-order valence-corrected chi connectivity index (χ2v) is 6.49. The largest absolute Gasteiger partial charge is 0.482 e. The van der Waals surface area contributed by atoms with Crippen molar-refractivity contribution in [3.05, 3.63) is 41.3 Å². The number of anilines is 1. The van der Waals surface area contributed by atoms with Gasteiger partial charge in [0.1, 0.15) is 5.75 Å². The maximum absolute atomic E-state index is 12.4. The molecule has 0 saturated heterocycles. The molecule has 3 rings (SSSR count). The van der Waals surface area contributed by atoms with Gasteiger partial charge in [0.25, 0.3) is 11.8 Å². The number of hydrogen-bond donors (Lipinski definition) is 1. The number of aromatic nitrogens is 1. The topological polar surface area (TPSA) is 84.7 Å². The Balaban J connectivity index is 1.66. The summed E-state index contributed by atoms with van der Waals surface area (Å²) in [5.74, 6) is 1.29. The van der Waals surface area contributed by atoms with Crippen molar-refractivity contribution in [2.24, 2.45) is 5.92 Å². The number of carbonyl (C=O) groups is 2. The van der Waals surface area contributed by atoms with Crippen molar-refractivity contribution >= 4 is 17.5 Å². The van der Waals surface area contributed by atoms with Gasteiger partial charge in [0.2, 0.25) is 0 Å². The second kappa shape index (κ2) is 6.96. The van der Waals surface area contributed by atoms with Crippen molar-refractivity contribution < 1.29 is 18.8 Å². The molecule has 2 heterocycles. The van der Waals surface area contributed by atoms with Crippen LogP contribution in [0.3, 0.4) is 0 Å². The predicted octanol–water partition coefficient (Wildman–Crippen LogP) is 2.16. The third-order valence-electron chi connectivity index (χ3n) is 3.96. The van der Waals surface area contributed by atoms with Crippen molar-refractivity contribution in [1.29, 1.82) is 0 Å². The maximum Gasteiger partial charge on any atom is 0.264 e. The van der Waals surface area contributed by atoms with E-state index in [9.17, 15) is 9.59 Å². The SMILES string of the molecule is CC(C)Cc1cc(CNC(=O)c2ccc3c(c2)N(C)C(=O)CO3)on1. The van der Waals surface area contributed by atoms with E-state index in [1.807, 2.05) is 6.07 Å². The van der Waals surface area contributed by atoms with Crippen LogP contribution in [0.15, 0.2) is 28.8 Å². The van der Waals surface area contributed by atoms with Gasteiger partial charge < -0.3 is 19.5 Å². The molecule has 0 fully saturated rings. The van der Waals surface area contributed by atoms with Crippen LogP contribution < -0.4 is 15.0 Å². The van der Waals surface area contributed by atoms with E-state index in [0.29, 0.717) is 28.7 Å². The third-order valence-corrected chi connectivity index (χ3v) is 3.96. The fourth-order valence-corrected chi connectivity index (χ4v) is 2.64. The minimum Gasteiger partial charge on any atom is -0.482 e. The summed E-state index contributed by atoms with van der Waals surface area (Å²) in [7, 11) is 1.66. The molecule has 0 saturated carbocycles. The quantitative estimate of drug-likeness (QED) is 0.899. The highest BCUT2D eigenvalue weighted by atomic mass is 16.5. The van der Waals surface area contributed by atoms with Crippen LogP contribution in [-0.2, 0) is 17.8 Å². The zero-order valence-electron chi connectivity index (χ0n) is 14.5. The van der Waals surface area contributed by atoms with Gasteiger partial charge >= 0.3 is 0 Å². The molecule has 132 valence electrons. The van der Waals surface area contributed by atoms with Gasteiger partial charge in [0, 0.05) is 18.7 Å². The van der Waals surface area contributed by atoms with E-state index in [2.05, 4.69) is 24.3 Å². The van der Waals surface area contributed by atoms with Crippen LogP contribution in [-0.4, -0.2) is 30.6 Å². The van der Waals surface area contributed by atoms with E-state index in [0.717, 1.165) is 12.1 Å². The minimum atomic E-state index is -0.254. The van der Waals surface area contributed by atoms with Gasteiger partial charge in [-0.1, -0.05) is 19.0 Å². The fraction of sp³-hybridized carbons (Fsp3) is 0.389. The molecule has 0 radical (unpaired) electrons. The highest BCUT2D eigenvalue weighted by Gasteiger charge is 2.23. The number of amides is 2. The van der Waals surface area contributed by atoms with E-state index < -0.39 is 0 Å². The molecule has 0 atom stereocenters. The summed E-state index contributed by atoms with van der Waals surface area (Å²) >= 11 is 0.